The Labute approximate surface area is 176 Å². The van der Waals surface area contributed by atoms with Crippen LogP contribution in [0.4, 0.5) is 0 Å². The van der Waals surface area contributed by atoms with Crippen molar-refractivity contribution in [3.8, 4) is 0 Å². The summed E-state index contributed by atoms with van der Waals surface area (Å²) >= 11 is 0. The molecule has 5 aliphatic rings. The quantitative estimate of drug-likeness (QED) is 0.639. The van der Waals surface area contributed by atoms with Crippen molar-refractivity contribution in [3.63, 3.8) is 0 Å². The van der Waals surface area contributed by atoms with Crippen molar-refractivity contribution in [3.05, 3.63) is 34.4 Å². The van der Waals surface area contributed by atoms with E-state index < -0.39 is 6.10 Å². The van der Waals surface area contributed by atoms with Gasteiger partial charge >= 0.3 is 5.63 Å². The van der Waals surface area contributed by atoms with Gasteiger partial charge in [-0.15, -0.1) is 0 Å². The molecule has 0 aromatic carbocycles. The van der Waals surface area contributed by atoms with E-state index in [-0.39, 0.29) is 46.8 Å². The fourth-order valence-corrected chi connectivity index (χ4v) is 8.92. The van der Waals surface area contributed by atoms with Gasteiger partial charge in [0.2, 0.25) is 0 Å². The molecule has 3 N–H and O–H groups in total. The Hall–Kier alpha value is -1.21. The van der Waals surface area contributed by atoms with Crippen LogP contribution < -0.4 is 5.63 Å². The van der Waals surface area contributed by atoms with Gasteiger partial charge in [-0.1, -0.05) is 6.92 Å². The Balaban J connectivity index is 1.39. The third-order valence-corrected chi connectivity index (χ3v) is 10.2. The first-order valence-electron chi connectivity index (χ1n) is 11.6. The van der Waals surface area contributed by atoms with Crippen LogP contribution in [0.25, 0.3) is 0 Å². The molecule has 10 atom stereocenters. The number of hydrogen-bond donors (Lipinski definition) is 3. The predicted molar refractivity (Wildman–Crippen MR) is 108 cm³/mol. The highest BCUT2D eigenvalue weighted by molar-refractivity contribution is 5.38. The van der Waals surface area contributed by atoms with Crippen molar-refractivity contribution in [2.45, 2.75) is 81.7 Å². The lowest BCUT2D eigenvalue weighted by molar-refractivity contribution is -0.165. The van der Waals surface area contributed by atoms with Crippen LogP contribution in [0.1, 0.15) is 63.4 Å². The number of aliphatic hydroxyl groups excluding tert-OH is 3. The van der Waals surface area contributed by atoms with Crippen molar-refractivity contribution in [2.24, 2.45) is 28.6 Å². The number of rotatable bonds is 2. The van der Waals surface area contributed by atoms with Crippen molar-refractivity contribution >= 4 is 0 Å². The van der Waals surface area contributed by atoms with Gasteiger partial charge in [0.25, 0.3) is 0 Å². The molecule has 1 aromatic rings. The molecule has 5 fully saturated rings. The third kappa shape index (κ3) is 2.16. The van der Waals surface area contributed by atoms with Gasteiger partial charge in [0.15, 0.2) is 0 Å². The molecule has 6 nitrogen and oxygen atoms in total. The largest absolute Gasteiger partial charge is 0.431 e. The average molecular weight is 417 g/mol. The summed E-state index contributed by atoms with van der Waals surface area (Å²) in [7, 11) is 0. The smallest absolute Gasteiger partial charge is 0.335 e. The molecule has 1 aliphatic heterocycles. The van der Waals surface area contributed by atoms with Crippen LogP contribution in [-0.4, -0.2) is 45.8 Å². The van der Waals surface area contributed by atoms with E-state index in [0.717, 1.165) is 50.5 Å². The van der Waals surface area contributed by atoms with E-state index in [9.17, 15) is 20.1 Å². The summed E-state index contributed by atoms with van der Waals surface area (Å²) in [6.45, 7) is 2.43. The molecule has 2 heterocycles. The minimum Gasteiger partial charge on any atom is -0.431 e. The van der Waals surface area contributed by atoms with E-state index in [0.29, 0.717) is 17.8 Å². The van der Waals surface area contributed by atoms with E-state index in [1.54, 1.807) is 6.07 Å². The zero-order valence-corrected chi connectivity index (χ0v) is 17.5. The summed E-state index contributed by atoms with van der Waals surface area (Å²) in [5, 5.41) is 32.1. The lowest BCUT2D eigenvalue weighted by Gasteiger charge is -2.61. The number of ether oxygens (including phenoxy) is 1. The second-order valence-corrected chi connectivity index (χ2v) is 11.0. The molecule has 1 saturated heterocycles. The molecule has 164 valence electrons. The second kappa shape index (κ2) is 6.18. The monoisotopic (exact) mass is 416 g/mol. The minimum absolute atomic E-state index is 0.113. The molecular weight excluding hydrogens is 384 g/mol. The van der Waals surface area contributed by atoms with Crippen LogP contribution >= 0.6 is 0 Å². The van der Waals surface area contributed by atoms with Crippen LogP contribution in [0.2, 0.25) is 0 Å². The number of epoxide rings is 1. The van der Waals surface area contributed by atoms with Gasteiger partial charge in [-0.2, -0.15) is 0 Å². The Bertz CT molecular complexity index is 893. The molecule has 6 rings (SSSR count). The number of aliphatic hydroxyl groups is 3. The van der Waals surface area contributed by atoms with Crippen molar-refractivity contribution in [1.29, 1.82) is 0 Å². The topological polar surface area (TPSA) is 103 Å². The van der Waals surface area contributed by atoms with Crippen molar-refractivity contribution in [2.75, 3.05) is 6.61 Å². The van der Waals surface area contributed by atoms with Gasteiger partial charge in [0.05, 0.1) is 18.5 Å². The zero-order valence-electron chi connectivity index (χ0n) is 17.5. The molecule has 6 heteroatoms. The Kier molecular flexibility index (Phi) is 4.01. The van der Waals surface area contributed by atoms with E-state index in [1.165, 1.54) is 12.3 Å². The van der Waals surface area contributed by atoms with Gasteiger partial charge in [-0.05, 0) is 79.7 Å². The molecule has 0 amide bonds. The molecule has 1 aromatic heterocycles. The van der Waals surface area contributed by atoms with E-state index in [2.05, 4.69) is 6.92 Å². The first-order chi connectivity index (χ1) is 14.4. The summed E-state index contributed by atoms with van der Waals surface area (Å²) in [5.41, 5.74) is -0.213. The fraction of sp³-hybridized carbons (Fsp3) is 0.792. The molecule has 1 spiro atoms. The van der Waals surface area contributed by atoms with Crippen LogP contribution in [0.3, 0.4) is 0 Å². The van der Waals surface area contributed by atoms with Gasteiger partial charge < -0.3 is 24.5 Å². The minimum atomic E-state index is -0.613. The molecule has 0 radical (unpaired) electrons. The lowest BCUT2D eigenvalue weighted by atomic mass is 9.43. The summed E-state index contributed by atoms with van der Waals surface area (Å²) in [6, 6.07) is 3.23. The second-order valence-electron chi connectivity index (χ2n) is 11.0. The molecular formula is C24H32O6. The maximum atomic E-state index is 11.5. The molecule has 30 heavy (non-hydrogen) atoms. The summed E-state index contributed by atoms with van der Waals surface area (Å²) in [6.07, 6.45) is 6.88. The molecule has 4 saturated carbocycles. The molecule has 0 bridgehead atoms. The van der Waals surface area contributed by atoms with Crippen LogP contribution in [0, 0.1) is 28.6 Å². The maximum absolute atomic E-state index is 11.5. The van der Waals surface area contributed by atoms with Gasteiger partial charge in [0, 0.05) is 24.0 Å². The third-order valence-electron chi connectivity index (χ3n) is 10.2. The van der Waals surface area contributed by atoms with Gasteiger partial charge in [-0.3, -0.25) is 0 Å². The zero-order chi connectivity index (χ0) is 20.9. The maximum Gasteiger partial charge on any atom is 0.335 e. The van der Waals surface area contributed by atoms with Crippen molar-refractivity contribution < 1.29 is 24.5 Å². The van der Waals surface area contributed by atoms with Crippen LogP contribution in [-0.2, 0) is 4.74 Å². The lowest BCUT2D eigenvalue weighted by Crippen LogP contribution is -2.60. The molecule has 0 unspecified atom stereocenters. The highest BCUT2D eigenvalue weighted by Gasteiger charge is 2.83. The fourth-order valence-electron chi connectivity index (χ4n) is 8.92. The number of fused-ring (bicyclic) bond motifs is 3. The summed E-state index contributed by atoms with van der Waals surface area (Å²) in [4.78, 5) is 11.5. The first-order valence-corrected chi connectivity index (χ1v) is 11.6. The Morgan fingerprint density at radius 1 is 1.10 bits per heavy atom. The highest BCUT2D eigenvalue weighted by Crippen LogP contribution is 2.77. The van der Waals surface area contributed by atoms with Gasteiger partial charge in [-0.25, -0.2) is 4.79 Å². The van der Waals surface area contributed by atoms with Crippen LogP contribution in [0.5, 0.6) is 0 Å². The van der Waals surface area contributed by atoms with Gasteiger partial charge in [0.1, 0.15) is 11.7 Å². The Morgan fingerprint density at radius 3 is 2.67 bits per heavy atom. The number of hydrogen-bond acceptors (Lipinski definition) is 6. The van der Waals surface area contributed by atoms with Crippen LogP contribution in [0.15, 0.2) is 27.6 Å². The average Bonchev–Trinajstić information content (AvgIpc) is 3.45. The molecule has 4 aliphatic carbocycles. The SMILES string of the molecule is C[C@]12CC[C@H]3[C@@H](CC[C@@H]4C[C@@H](O)CC[C@@]43CO)[C@]13O[C@@H]3[C@H](O)[C@@H]2c1ccc(=O)oc1. The normalized spacial score (nSPS) is 53.9. The summed E-state index contributed by atoms with van der Waals surface area (Å²) < 4.78 is 11.6. The van der Waals surface area contributed by atoms with E-state index >= 15 is 0 Å². The highest BCUT2D eigenvalue weighted by atomic mass is 16.6. The van der Waals surface area contributed by atoms with E-state index in [1.807, 2.05) is 0 Å². The van der Waals surface area contributed by atoms with E-state index in [4.69, 9.17) is 9.15 Å². The first kappa shape index (κ1) is 19.5. The Morgan fingerprint density at radius 2 is 1.93 bits per heavy atom. The standard InChI is InChI=1S/C24H32O6/c1-22-8-7-16-17(4-3-14-10-15(26)6-9-23(14,16)12-25)24(22)21(30-24)20(28)19(22)13-2-5-18(27)29-11-13/h2,5,11,14-17,19-21,25-26,28H,3-4,6-10,12H2,1H3/t14-,15+,16+,17-,19+,20-,21-,22-,23-,24-/m1/s1. The van der Waals surface area contributed by atoms with Crippen molar-refractivity contribution in [1.82, 2.24) is 0 Å². The predicted octanol–water partition coefficient (Wildman–Crippen LogP) is 2.20. The summed E-state index contributed by atoms with van der Waals surface area (Å²) in [5.74, 6) is 0.940.